The van der Waals surface area contributed by atoms with Gasteiger partial charge in [-0.15, -0.1) is 5.10 Å². The number of rotatable bonds is 5. The van der Waals surface area contributed by atoms with E-state index in [4.69, 9.17) is 0 Å². The van der Waals surface area contributed by atoms with Gasteiger partial charge in [0.1, 0.15) is 0 Å². The number of hydrazine groups is 1. The van der Waals surface area contributed by atoms with Gasteiger partial charge < -0.3 is 0 Å². The maximum Gasteiger partial charge on any atom is 0.418 e. The van der Waals surface area contributed by atoms with Crippen molar-refractivity contribution in [3.63, 3.8) is 0 Å². The molecule has 0 unspecified atom stereocenters. The predicted octanol–water partition coefficient (Wildman–Crippen LogP) is 2.48. The molecule has 35 heavy (non-hydrogen) atoms. The van der Waals surface area contributed by atoms with Crippen molar-refractivity contribution in [2.75, 3.05) is 0 Å². The third-order valence-corrected chi connectivity index (χ3v) is 4.99. The molecule has 2 amide bonds. The summed E-state index contributed by atoms with van der Waals surface area (Å²) in [6.07, 6.45) is -3.03. The molecule has 2 aromatic heterocycles. The van der Waals surface area contributed by atoms with E-state index in [1.54, 1.807) is 24.3 Å². The maximum atomic E-state index is 13.3. The smallest absolute Gasteiger partial charge is 0.267 e. The number of nitrogens with zero attached hydrogens (tertiary/aromatic N) is 5. The molecule has 0 spiro atoms. The van der Waals surface area contributed by atoms with E-state index >= 15 is 0 Å². The number of aryl methyl sites for hydroxylation is 1. The van der Waals surface area contributed by atoms with Gasteiger partial charge in [0.15, 0.2) is 11.4 Å². The molecule has 0 saturated heterocycles. The van der Waals surface area contributed by atoms with Gasteiger partial charge in [0.25, 0.3) is 17.4 Å². The first kappa shape index (κ1) is 23.6. The minimum atomic E-state index is -4.64. The number of aromatic nitrogens is 5. The number of para-hydroxylation sites is 1. The number of nitrogens with one attached hydrogen (secondary N) is 2. The molecule has 180 valence electrons. The van der Waals surface area contributed by atoms with Gasteiger partial charge in [-0.2, -0.15) is 18.3 Å². The van der Waals surface area contributed by atoms with Crippen molar-refractivity contribution in [3.8, 4) is 5.69 Å². The molecule has 0 bridgehead atoms. The van der Waals surface area contributed by atoms with Gasteiger partial charge >= 0.3 is 6.18 Å². The van der Waals surface area contributed by atoms with Gasteiger partial charge in [-0.1, -0.05) is 42.5 Å². The summed E-state index contributed by atoms with van der Waals surface area (Å²) in [6, 6.07) is 11.1. The van der Waals surface area contributed by atoms with Gasteiger partial charge in [-0.3, -0.25) is 25.2 Å². The van der Waals surface area contributed by atoms with E-state index in [0.29, 0.717) is 23.7 Å². The van der Waals surface area contributed by atoms with Crippen molar-refractivity contribution in [3.05, 3.63) is 82.0 Å². The number of carbonyl (C=O) groups excluding carboxylic acids is 2. The molecule has 2 aromatic carbocycles. The number of carbonyl (C=O) groups is 2. The highest BCUT2D eigenvalue weighted by atomic mass is 19.4. The zero-order chi connectivity index (χ0) is 25.2. The van der Waals surface area contributed by atoms with E-state index in [2.05, 4.69) is 26.3 Å². The van der Waals surface area contributed by atoms with E-state index in [1.807, 2.05) is 6.92 Å². The monoisotopic (exact) mass is 485 g/mol. The number of alkyl halides is 3. The van der Waals surface area contributed by atoms with Gasteiger partial charge in [0.05, 0.1) is 22.8 Å². The predicted molar refractivity (Wildman–Crippen MR) is 118 cm³/mol. The van der Waals surface area contributed by atoms with Crippen LogP contribution in [0.4, 0.5) is 13.2 Å². The molecule has 0 radical (unpaired) electrons. The maximum absolute atomic E-state index is 13.3. The molecule has 0 fully saturated rings. The lowest BCUT2D eigenvalue weighted by molar-refractivity contribution is -0.137. The summed E-state index contributed by atoms with van der Waals surface area (Å²) < 4.78 is 41.8. The molecule has 2 N–H and O–H groups in total. The average Bonchev–Trinajstić information content (AvgIpc) is 3.34. The minimum Gasteiger partial charge on any atom is -0.267 e. The van der Waals surface area contributed by atoms with E-state index in [-0.39, 0.29) is 22.6 Å². The molecular weight excluding hydrogens is 467 g/mol. The van der Waals surface area contributed by atoms with Crippen LogP contribution >= 0.6 is 0 Å². The highest BCUT2D eigenvalue weighted by Crippen LogP contribution is 2.33. The van der Waals surface area contributed by atoms with E-state index in [9.17, 15) is 27.6 Å². The molecule has 10 nitrogen and oxygen atoms in total. The van der Waals surface area contributed by atoms with Crippen LogP contribution in [0.2, 0.25) is 0 Å². The molecular formula is C22H18F3N7O3. The Morgan fingerprint density at radius 3 is 2.34 bits per heavy atom. The quantitative estimate of drug-likeness (QED) is 0.419. The Bertz CT molecular complexity index is 1480. The number of hydrogen-bond donors (Lipinski definition) is 2. The van der Waals surface area contributed by atoms with Crippen LogP contribution < -0.4 is 16.4 Å². The Balaban J connectivity index is 1.55. The Kier molecular flexibility index (Phi) is 6.32. The fourth-order valence-electron chi connectivity index (χ4n) is 3.40. The zero-order valence-corrected chi connectivity index (χ0v) is 18.2. The lowest BCUT2D eigenvalue weighted by Crippen LogP contribution is -2.43. The molecule has 2 heterocycles. The number of benzene rings is 2. The highest BCUT2D eigenvalue weighted by molar-refractivity contribution is 6.05. The van der Waals surface area contributed by atoms with Crippen LogP contribution in [0.15, 0.2) is 59.5 Å². The van der Waals surface area contributed by atoms with Crippen LogP contribution in [0.5, 0.6) is 0 Å². The first-order chi connectivity index (χ1) is 16.7. The van der Waals surface area contributed by atoms with Crippen LogP contribution in [0.25, 0.3) is 16.5 Å². The lowest BCUT2D eigenvalue weighted by atomic mass is 10.1. The number of halogens is 3. The van der Waals surface area contributed by atoms with Crippen LogP contribution in [0.1, 0.15) is 39.9 Å². The van der Waals surface area contributed by atoms with Crippen LogP contribution in [0, 0.1) is 0 Å². The molecule has 4 rings (SSSR count). The van der Waals surface area contributed by atoms with Crippen LogP contribution in [0.3, 0.4) is 0 Å². The summed E-state index contributed by atoms with van der Waals surface area (Å²) in [5.41, 5.74) is 2.28. The van der Waals surface area contributed by atoms with Crippen molar-refractivity contribution in [1.29, 1.82) is 0 Å². The summed E-state index contributed by atoms with van der Waals surface area (Å²) in [6.45, 7) is 2.14. The molecule has 0 aliphatic carbocycles. The zero-order valence-electron chi connectivity index (χ0n) is 18.2. The largest absolute Gasteiger partial charge is 0.418 e. The van der Waals surface area contributed by atoms with E-state index in [1.165, 1.54) is 22.9 Å². The molecule has 0 saturated carbocycles. The second-order valence-electron chi connectivity index (χ2n) is 7.39. The minimum absolute atomic E-state index is 0.0864. The first-order valence-electron chi connectivity index (χ1n) is 10.4. The molecule has 4 aromatic rings. The van der Waals surface area contributed by atoms with Crippen LogP contribution in [-0.4, -0.2) is 36.6 Å². The molecule has 0 atom stereocenters. The summed E-state index contributed by atoms with van der Waals surface area (Å²) >= 11 is 0. The Hall–Kier alpha value is -4.55. The van der Waals surface area contributed by atoms with Gasteiger partial charge in [0.2, 0.25) is 0 Å². The second kappa shape index (κ2) is 9.37. The summed E-state index contributed by atoms with van der Waals surface area (Å²) in [5, 5.41) is 11.9. The topological polar surface area (TPSA) is 124 Å². The molecule has 0 aliphatic heterocycles. The van der Waals surface area contributed by atoms with Crippen LogP contribution in [-0.2, 0) is 12.7 Å². The second-order valence-corrected chi connectivity index (χ2v) is 7.39. The number of hydrogen-bond acceptors (Lipinski definition) is 6. The number of amides is 2. The van der Waals surface area contributed by atoms with E-state index < -0.39 is 23.6 Å². The highest BCUT2D eigenvalue weighted by Gasteiger charge is 2.34. The SMILES string of the molecule is CCCn1nc(C(=O)NNC(=O)c2cn(-c3ccccc3C(F)(F)F)nn2)c2ccccc2c1=O. The van der Waals surface area contributed by atoms with Crippen molar-refractivity contribution in [1.82, 2.24) is 35.6 Å². The third kappa shape index (κ3) is 4.74. The number of fused-ring (bicyclic) bond motifs is 1. The third-order valence-electron chi connectivity index (χ3n) is 4.99. The normalized spacial score (nSPS) is 11.4. The van der Waals surface area contributed by atoms with Gasteiger partial charge in [-0.25, -0.2) is 9.36 Å². The first-order valence-corrected chi connectivity index (χ1v) is 10.4. The van der Waals surface area contributed by atoms with Crippen molar-refractivity contribution in [2.45, 2.75) is 26.1 Å². The van der Waals surface area contributed by atoms with Crippen molar-refractivity contribution < 1.29 is 22.8 Å². The van der Waals surface area contributed by atoms with Crippen molar-refractivity contribution >= 4 is 22.6 Å². The average molecular weight is 485 g/mol. The Morgan fingerprint density at radius 1 is 0.971 bits per heavy atom. The fourth-order valence-corrected chi connectivity index (χ4v) is 3.40. The van der Waals surface area contributed by atoms with Gasteiger partial charge in [0, 0.05) is 11.9 Å². The van der Waals surface area contributed by atoms with Crippen molar-refractivity contribution in [2.24, 2.45) is 0 Å². The summed E-state index contributed by atoms with van der Waals surface area (Å²) in [7, 11) is 0. The summed E-state index contributed by atoms with van der Waals surface area (Å²) in [4.78, 5) is 37.8. The molecule has 13 heteroatoms. The van der Waals surface area contributed by atoms with Gasteiger partial charge in [-0.05, 0) is 24.6 Å². The standard InChI is InChI=1S/C22H18F3N7O3/c1-2-11-31-21(35)14-8-4-3-7-13(14)18(29-31)20(34)28-27-19(33)16-12-32(30-26-16)17-10-6-5-9-15(17)22(23,24)25/h3-10,12H,2,11H2,1H3,(H,27,33)(H,28,34). The lowest BCUT2D eigenvalue weighted by Gasteiger charge is -2.11. The Morgan fingerprint density at radius 2 is 1.63 bits per heavy atom. The summed E-state index contributed by atoms with van der Waals surface area (Å²) in [5.74, 6) is -1.71. The Labute approximate surface area is 195 Å². The van der Waals surface area contributed by atoms with E-state index in [0.717, 1.165) is 16.9 Å². The molecule has 0 aliphatic rings. The fraction of sp³-hybridized carbons (Fsp3) is 0.182.